The SMILES string of the molecule is CCCC1=NN(C)[C@H]2C(=O)Nc3cc(C(=O)N4CCc5ccccc5C4)ccc3N12. The van der Waals surface area contributed by atoms with Crippen LogP contribution in [-0.2, 0) is 17.8 Å². The summed E-state index contributed by atoms with van der Waals surface area (Å²) in [6.45, 7) is 3.41. The number of hydrazone groups is 1. The number of carbonyl (C=O) groups excluding carboxylic acids is 2. The molecule has 2 aromatic carbocycles. The fourth-order valence-corrected chi connectivity index (χ4v) is 4.57. The van der Waals surface area contributed by atoms with Crippen molar-refractivity contribution < 1.29 is 9.59 Å². The van der Waals surface area contributed by atoms with E-state index in [0.717, 1.165) is 30.8 Å². The number of carbonyl (C=O) groups is 2. The number of rotatable bonds is 3. The van der Waals surface area contributed by atoms with Crippen molar-refractivity contribution in [1.29, 1.82) is 0 Å². The third kappa shape index (κ3) is 2.93. The highest BCUT2D eigenvalue weighted by Gasteiger charge is 2.42. The van der Waals surface area contributed by atoms with Crippen molar-refractivity contribution in [3.63, 3.8) is 0 Å². The van der Waals surface area contributed by atoms with Gasteiger partial charge in [-0.25, -0.2) is 0 Å². The van der Waals surface area contributed by atoms with Gasteiger partial charge in [0.05, 0.1) is 11.4 Å². The standard InChI is InChI=1S/C23H25N5O2/c1-3-6-20-25-26(2)22-21(29)24-18-13-16(9-10-19(18)28(20)22)23(30)27-12-11-15-7-4-5-8-17(15)14-27/h4-5,7-10,13,22H,3,6,11-12,14H2,1-2H3,(H,24,29)/t22-/m1/s1. The smallest absolute Gasteiger partial charge is 0.269 e. The van der Waals surface area contributed by atoms with Crippen LogP contribution in [0.15, 0.2) is 47.6 Å². The molecule has 1 N–H and O–H groups in total. The molecule has 154 valence electrons. The lowest BCUT2D eigenvalue weighted by Crippen LogP contribution is -2.52. The van der Waals surface area contributed by atoms with Gasteiger partial charge in [0.25, 0.3) is 11.8 Å². The lowest BCUT2D eigenvalue weighted by atomic mass is 9.99. The van der Waals surface area contributed by atoms with Crippen LogP contribution >= 0.6 is 0 Å². The summed E-state index contributed by atoms with van der Waals surface area (Å²) in [6, 6.07) is 13.9. The molecule has 2 aromatic rings. The average molecular weight is 403 g/mol. The van der Waals surface area contributed by atoms with Gasteiger partial charge in [-0.2, -0.15) is 5.10 Å². The zero-order valence-corrected chi connectivity index (χ0v) is 17.3. The molecule has 0 bridgehead atoms. The number of nitrogens with one attached hydrogen (secondary N) is 1. The summed E-state index contributed by atoms with van der Waals surface area (Å²) < 4.78 is 0. The molecule has 30 heavy (non-hydrogen) atoms. The molecule has 0 spiro atoms. The molecular formula is C23H25N5O2. The highest BCUT2D eigenvalue weighted by Crippen LogP contribution is 2.37. The number of benzene rings is 2. The normalized spacial score (nSPS) is 19.7. The molecule has 0 fully saturated rings. The molecule has 7 heteroatoms. The molecule has 0 saturated carbocycles. The molecule has 5 rings (SSSR count). The molecule has 0 saturated heterocycles. The van der Waals surface area contributed by atoms with Crippen molar-refractivity contribution in [1.82, 2.24) is 9.91 Å². The number of amidine groups is 1. The lowest BCUT2D eigenvalue weighted by molar-refractivity contribution is -0.120. The minimum absolute atomic E-state index is 0.00957. The fourth-order valence-electron chi connectivity index (χ4n) is 4.57. The number of nitrogens with zero attached hydrogens (tertiary/aromatic N) is 4. The minimum atomic E-state index is -0.473. The van der Waals surface area contributed by atoms with Crippen molar-refractivity contribution in [2.24, 2.45) is 5.10 Å². The van der Waals surface area contributed by atoms with Crippen LogP contribution < -0.4 is 10.2 Å². The summed E-state index contributed by atoms with van der Waals surface area (Å²) in [5.74, 6) is 0.744. The van der Waals surface area contributed by atoms with Gasteiger partial charge in [-0.15, -0.1) is 0 Å². The second-order valence-corrected chi connectivity index (χ2v) is 8.05. The molecular weight excluding hydrogens is 378 g/mol. The largest absolute Gasteiger partial charge is 0.334 e. The van der Waals surface area contributed by atoms with E-state index < -0.39 is 6.17 Å². The zero-order valence-electron chi connectivity index (χ0n) is 17.3. The van der Waals surface area contributed by atoms with Gasteiger partial charge in [0, 0.05) is 32.1 Å². The fraction of sp³-hybridized carbons (Fsp3) is 0.348. The first-order valence-corrected chi connectivity index (χ1v) is 10.5. The predicted molar refractivity (Wildman–Crippen MR) is 116 cm³/mol. The molecule has 0 radical (unpaired) electrons. The van der Waals surface area contributed by atoms with Crippen molar-refractivity contribution >= 4 is 29.0 Å². The Morgan fingerprint density at radius 1 is 1.20 bits per heavy atom. The molecule has 3 heterocycles. The predicted octanol–water partition coefficient (Wildman–Crippen LogP) is 3.03. The van der Waals surface area contributed by atoms with Crippen LogP contribution in [0.1, 0.15) is 41.3 Å². The Balaban J connectivity index is 1.44. The summed E-state index contributed by atoms with van der Waals surface area (Å²) in [5, 5.41) is 9.24. The minimum Gasteiger partial charge on any atom is -0.334 e. The number of likely N-dealkylation sites (N-methyl/N-ethyl adjacent to an activating group) is 1. The lowest BCUT2D eigenvalue weighted by Gasteiger charge is -2.35. The maximum Gasteiger partial charge on any atom is 0.269 e. The Hall–Kier alpha value is -3.35. The highest BCUT2D eigenvalue weighted by atomic mass is 16.2. The van der Waals surface area contributed by atoms with Crippen molar-refractivity contribution in [3.8, 4) is 0 Å². The van der Waals surface area contributed by atoms with E-state index in [-0.39, 0.29) is 11.8 Å². The molecule has 3 aliphatic heterocycles. The summed E-state index contributed by atoms with van der Waals surface area (Å²) in [5.41, 5.74) is 4.65. The molecule has 0 unspecified atom stereocenters. The monoisotopic (exact) mass is 403 g/mol. The number of hydrogen-bond acceptors (Lipinski definition) is 5. The van der Waals surface area contributed by atoms with E-state index in [1.165, 1.54) is 11.1 Å². The maximum atomic E-state index is 13.2. The van der Waals surface area contributed by atoms with Gasteiger partial charge in [-0.05, 0) is 42.2 Å². The summed E-state index contributed by atoms with van der Waals surface area (Å²) in [7, 11) is 1.82. The van der Waals surface area contributed by atoms with E-state index in [0.29, 0.717) is 24.3 Å². The van der Waals surface area contributed by atoms with Gasteiger partial charge in [0.1, 0.15) is 5.84 Å². The number of anilines is 2. The molecule has 3 aliphatic rings. The van der Waals surface area contributed by atoms with E-state index >= 15 is 0 Å². The van der Waals surface area contributed by atoms with Gasteiger partial charge in [0.2, 0.25) is 6.17 Å². The van der Waals surface area contributed by atoms with Crippen LogP contribution in [0.3, 0.4) is 0 Å². The third-order valence-corrected chi connectivity index (χ3v) is 6.04. The topological polar surface area (TPSA) is 68.2 Å². The van der Waals surface area contributed by atoms with Gasteiger partial charge >= 0.3 is 0 Å². The third-order valence-electron chi connectivity index (χ3n) is 6.04. The average Bonchev–Trinajstić information content (AvgIpc) is 3.09. The van der Waals surface area contributed by atoms with Crippen LogP contribution in [0, 0.1) is 0 Å². The van der Waals surface area contributed by atoms with Crippen molar-refractivity contribution in [2.75, 3.05) is 23.8 Å². The highest BCUT2D eigenvalue weighted by molar-refractivity contribution is 6.15. The Labute approximate surface area is 176 Å². The zero-order chi connectivity index (χ0) is 20.8. The first kappa shape index (κ1) is 18.7. The number of fused-ring (bicyclic) bond motifs is 4. The van der Waals surface area contributed by atoms with Gasteiger partial charge in [0.15, 0.2) is 0 Å². The van der Waals surface area contributed by atoms with Gasteiger partial charge in [-0.3, -0.25) is 19.5 Å². The van der Waals surface area contributed by atoms with E-state index in [4.69, 9.17) is 0 Å². The summed E-state index contributed by atoms with van der Waals surface area (Å²) in [6.07, 6.45) is 2.13. The molecule has 0 aromatic heterocycles. The van der Waals surface area contributed by atoms with E-state index in [9.17, 15) is 9.59 Å². The van der Waals surface area contributed by atoms with Crippen molar-refractivity contribution in [2.45, 2.75) is 38.9 Å². The first-order chi connectivity index (χ1) is 14.6. The second-order valence-electron chi connectivity index (χ2n) is 8.05. The first-order valence-electron chi connectivity index (χ1n) is 10.5. The van der Waals surface area contributed by atoms with E-state index in [2.05, 4.69) is 29.5 Å². The van der Waals surface area contributed by atoms with Gasteiger partial charge < -0.3 is 10.2 Å². The van der Waals surface area contributed by atoms with Crippen LogP contribution in [0.4, 0.5) is 11.4 Å². The Morgan fingerprint density at radius 2 is 2.00 bits per heavy atom. The second kappa shape index (κ2) is 7.16. The Bertz CT molecular complexity index is 1060. The van der Waals surface area contributed by atoms with Crippen molar-refractivity contribution in [3.05, 3.63) is 59.2 Å². The van der Waals surface area contributed by atoms with Gasteiger partial charge in [-0.1, -0.05) is 31.2 Å². The molecule has 0 aliphatic carbocycles. The Kier molecular flexibility index (Phi) is 4.46. The van der Waals surface area contributed by atoms with E-state index in [1.54, 1.807) is 11.1 Å². The molecule has 1 atom stereocenters. The Morgan fingerprint density at radius 3 is 2.80 bits per heavy atom. The summed E-state index contributed by atoms with van der Waals surface area (Å²) in [4.78, 5) is 29.8. The maximum absolute atomic E-state index is 13.2. The quantitative estimate of drug-likeness (QED) is 0.855. The number of hydrogen-bond donors (Lipinski definition) is 1. The van der Waals surface area contributed by atoms with Crippen LogP contribution in [0.5, 0.6) is 0 Å². The summed E-state index contributed by atoms with van der Waals surface area (Å²) >= 11 is 0. The van der Waals surface area contributed by atoms with Crippen LogP contribution in [0.25, 0.3) is 0 Å². The number of amides is 2. The van der Waals surface area contributed by atoms with Crippen LogP contribution in [0.2, 0.25) is 0 Å². The molecule has 7 nitrogen and oxygen atoms in total. The van der Waals surface area contributed by atoms with E-state index in [1.807, 2.05) is 41.1 Å². The van der Waals surface area contributed by atoms with Crippen LogP contribution in [-0.4, -0.2) is 47.3 Å². The molecule has 2 amide bonds.